The Bertz CT molecular complexity index is 2330. The first-order valence-electron chi connectivity index (χ1n) is 38.2. The average molecular weight is 1470 g/mol. The molecule has 3 amide bonds. The second-order valence-corrected chi connectivity index (χ2v) is 28.2. The number of hydrogen-bond acceptors (Lipinski definition) is 25. The number of nitrogens with one attached hydrogen (secondary N) is 3. The lowest BCUT2D eigenvalue weighted by molar-refractivity contribution is -0.401. The van der Waals surface area contributed by atoms with Crippen LogP contribution in [0.1, 0.15) is 240 Å². The molecule has 29 heteroatoms. The van der Waals surface area contributed by atoms with Gasteiger partial charge in [-0.05, 0) is 44.9 Å². The van der Waals surface area contributed by atoms with Crippen LogP contribution in [0.4, 0.5) is 0 Å². The zero-order valence-corrected chi connectivity index (χ0v) is 61.0. The molecule has 594 valence electrons. The Hall–Kier alpha value is -3.48. The molecule has 4 aliphatic rings. The van der Waals surface area contributed by atoms with Gasteiger partial charge in [0.25, 0.3) is 5.79 Å². The minimum Gasteiger partial charge on any atom is -0.477 e. The van der Waals surface area contributed by atoms with E-state index in [0.29, 0.717) is 12.8 Å². The molecule has 29 nitrogen and oxygen atoms in total. The summed E-state index contributed by atoms with van der Waals surface area (Å²) in [6, 6.07) is -4.53. The van der Waals surface area contributed by atoms with Gasteiger partial charge in [0, 0.05) is 26.7 Å². The lowest BCUT2D eigenvalue weighted by atomic mass is 9.88. The molecule has 4 heterocycles. The number of aliphatic hydroxyl groups is 13. The molecule has 1 unspecified atom stereocenters. The van der Waals surface area contributed by atoms with Gasteiger partial charge in [0.05, 0.1) is 57.3 Å². The van der Waals surface area contributed by atoms with Gasteiger partial charge in [0.15, 0.2) is 18.9 Å². The summed E-state index contributed by atoms with van der Waals surface area (Å²) in [7, 11) is 0. The molecule has 0 saturated carbocycles. The lowest BCUT2D eigenvalue weighted by Gasteiger charge is -2.52. The van der Waals surface area contributed by atoms with Gasteiger partial charge >= 0.3 is 5.97 Å². The normalized spacial score (nSPS) is 31.2. The molecule has 0 spiro atoms. The van der Waals surface area contributed by atoms with Crippen LogP contribution in [-0.4, -0.2) is 269 Å². The molecule has 4 aliphatic heterocycles. The molecular formula is C73H131N3O26. The number of carbonyl (C=O) groups is 4. The van der Waals surface area contributed by atoms with Crippen molar-refractivity contribution in [2.75, 3.05) is 33.0 Å². The first-order chi connectivity index (χ1) is 49.0. The highest BCUT2D eigenvalue weighted by atomic mass is 16.8. The largest absolute Gasteiger partial charge is 0.477 e. The second kappa shape index (κ2) is 51.0. The van der Waals surface area contributed by atoms with Gasteiger partial charge in [-0.1, -0.05) is 192 Å². The number of aliphatic hydroxyl groups excluding tert-OH is 13. The second-order valence-electron chi connectivity index (χ2n) is 28.2. The van der Waals surface area contributed by atoms with Crippen LogP contribution in [-0.2, 0) is 57.1 Å². The van der Waals surface area contributed by atoms with Crippen LogP contribution in [0, 0.1) is 0 Å². The molecule has 0 bridgehead atoms. The third kappa shape index (κ3) is 31.0. The number of rotatable bonds is 54. The van der Waals surface area contributed by atoms with Crippen LogP contribution >= 0.6 is 0 Å². The van der Waals surface area contributed by atoms with Gasteiger partial charge in [-0.25, -0.2) is 4.79 Å². The highest BCUT2D eigenvalue weighted by Crippen LogP contribution is 2.40. The Morgan fingerprint density at radius 2 is 0.961 bits per heavy atom. The Labute approximate surface area is 603 Å². The van der Waals surface area contributed by atoms with Crippen molar-refractivity contribution < 1.29 is 129 Å². The summed E-state index contributed by atoms with van der Waals surface area (Å²) in [6.45, 7) is 1.74. The molecular weight excluding hydrogens is 1330 g/mol. The molecule has 4 fully saturated rings. The predicted octanol–water partition coefficient (Wildman–Crippen LogP) is 3.25. The van der Waals surface area contributed by atoms with E-state index in [1.807, 2.05) is 6.08 Å². The Morgan fingerprint density at radius 3 is 1.45 bits per heavy atom. The van der Waals surface area contributed by atoms with Gasteiger partial charge in [-0.3, -0.25) is 14.4 Å². The first-order valence-corrected chi connectivity index (χ1v) is 38.2. The SMILES string of the molecule is CCCCCCCC/C=C\CCCCCCCCCCCCCC(=O)N[C@@H](CO[C@@H]1O[C@H](CO)[C@@H](O[C@@H]2O[C@H](CO)[C@H](O[C@@H]3O[C@H](CO)[C@H](O)[C@H](O)[C@H]3NC(C)=O)[C@H](O[C@]3(C(=O)O)C[C@H](O)[C@@H](NC(C)=O)C([C@H](O)[C@H](O)CO)O3)[C@H]2O)[C@H](O)[C@H]1O)[C@H](O)/C=C/CCCCCCCCCCCCC. The fraction of sp³-hybridized carbons (Fsp3) is 0.890. The van der Waals surface area contributed by atoms with Crippen molar-refractivity contribution in [3.05, 3.63) is 24.3 Å². The third-order valence-corrected chi connectivity index (χ3v) is 19.6. The number of hydrogen-bond donors (Lipinski definition) is 17. The van der Waals surface area contributed by atoms with E-state index in [0.717, 1.165) is 71.6 Å². The molecule has 0 aromatic heterocycles. The van der Waals surface area contributed by atoms with E-state index in [2.05, 4.69) is 41.9 Å². The molecule has 0 radical (unpaired) electrons. The zero-order chi connectivity index (χ0) is 75.0. The summed E-state index contributed by atoms with van der Waals surface area (Å²) in [5.41, 5.74) is 0. The fourth-order valence-corrected chi connectivity index (χ4v) is 13.6. The highest BCUT2D eigenvalue weighted by molar-refractivity contribution is 5.77. The van der Waals surface area contributed by atoms with Gasteiger partial charge in [-0.2, -0.15) is 0 Å². The summed E-state index contributed by atoms with van der Waals surface area (Å²) >= 11 is 0. The maximum atomic E-state index is 13.6. The standard InChI is InChI=1S/C73H131N3O26/c1-5-7-9-11-13-15-17-19-20-21-22-23-24-25-26-28-30-32-34-36-38-40-56(86)76-49(50(83)39-37-35-33-31-29-27-18-16-14-12-10-8-6-2)46-95-70-63(91)62(90)65(54(44-79)97-70)99-71-64(92)68(66(55(45-80)98-71)100-69-58(75-48(4)82)61(89)60(88)53(43-78)96-69)102-73(72(93)94)41-51(84)57(74-47(3)81)67(101-73)59(87)52(85)42-77/h19-20,37,39,49-55,57-71,77-80,83-85,87-92H,5-18,21-36,38,40-46H2,1-4H3,(H,74,81)(H,75,82)(H,76,86)(H,93,94)/b20-19-,39-37+/t49-,50+,51-,52+,53+,54+,55+,57+,58+,59+,60-,61+,62+,63+,64+,65+,66-,67?,68+,69-,70+,71-,73-/m0/s1. The van der Waals surface area contributed by atoms with Crippen molar-refractivity contribution in [3.63, 3.8) is 0 Å². The molecule has 0 aromatic rings. The Morgan fingerprint density at radius 1 is 0.510 bits per heavy atom. The minimum atomic E-state index is -3.28. The number of amides is 3. The summed E-state index contributed by atoms with van der Waals surface area (Å²) in [6.07, 6.45) is 4.82. The molecule has 102 heavy (non-hydrogen) atoms. The van der Waals surface area contributed by atoms with Gasteiger partial charge in [0.1, 0.15) is 91.5 Å². The molecule has 4 saturated heterocycles. The van der Waals surface area contributed by atoms with Gasteiger partial charge in [0.2, 0.25) is 17.7 Å². The summed E-state index contributed by atoms with van der Waals surface area (Å²) < 4.78 is 48.0. The quantitative estimate of drug-likeness (QED) is 0.0307. The van der Waals surface area contributed by atoms with Gasteiger partial charge < -0.3 is 125 Å². The van der Waals surface area contributed by atoms with E-state index in [-0.39, 0.29) is 12.3 Å². The minimum absolute atomic E-state index is 0.158. The van der Waals surface area contributed by atoms with Crippen molar-refractivity contribution in [2.45, 2.75) is 380 Å². The molecule has 0 aromatic carbocycles. The molecule has 23 atom stereocenters. The van der Waals surface area contributed by atoms with Gasteiger partial charge in [-0.15, -0.1) is 0 Å². The van der Waals surface area contributed by atoms with Crippen molar-refractivity contribution in [1.29, 1.82) is 0 Å². The summed E-state index contributed by atoms with van der Waals surface area (Å²) in [5.74, 6) is -7.37. The van der Waals surface area contributed by atoms with E-state index >= 15 is 0 Å². The molecule has 4 rings (SSSR count). The smallest absolute Gasteiger partial charge is 0.364 e. The van der Waals surface area contributed by atoms with Crippen molar-refractivity contribution >= 4 is 23.7 Å². The maximum Gasteiger partial charge on any atom is 0.364 e. The van der Waals surface area contributed by atoms with Crippen molar-refractivity contribution in [1.82, 2.24) is 16.0 Å². The number of allylic oxidation sites excluding steroid dienone is 3. The Balaban J connectivity index is 1.48. The lowest BCUT2D eigenvalue weighted by Crippen LogP contribution is -2.72. The Kier molecular flexibility index (Phi) is 45.4. The van der Waals surface area contributed by atoms with Crippen LogP contribution in [0.25, 0.3) is 0 Å². The van der Waals surface area contributed by atoms with E-state index in [9.17, 15) is 90.7 Å². The highest BCUT2D eigenvalue weighted by Gasteiger charge is 2.62. The number of carboxylic acid groups (broad SMARTS) is 1. The predicted molar refractivity (Wildman–Crippen MR) is 373 cm³/mol. The maximum absolute atomic E-state index is 13.6. The summed E-state index contributed by atoms with van der Waals surface area (Å²) in [4.78, 5) is 52.0. The monoisotopic (exact) mass is 1470 g/mol. The van der Waals surface area contributed by atoms with Crippen LogP contribution in [0.2, 0.25) is 0 Å². The number of unbranched alkanes of at least 4 members (excludes halogenated alkanes) is 28. The fourth-order valence-electron chi connectivity index (χ4n) is 13.6. The third-order valence-electron chi connectivity index (χ3n) is 19.6. The number of aliphatic carboxylic acids is 1. The molecule has 0 aliphatic carbocycles. The summed E-state index contributed by atoms with van der Waals surface area (Å²) in [5, 5.41) is 163. The first kappa shape index (κ1) is 90.9. The van der Waals surface area contributed by atoms with Crippen LogP contribution < -0.4 is 16.0 Å². The molecule has 17 N–H and O–H groups in total. The van der Waals surface area contributed by atoms with E-state index < -0.39 is 198 Å². The zero-order valence-electron chi connectivity index (χ0n) is 61.0. The number of ether oxygens (including phenoxy) is 8. The average Bonchev–Trinajstić information content (AvgIpc) is 0.751. The van der Waals surface area contributed by atoms with Crippen LogP contribution in [0.15, 0.2) is 24.3 Å². The van der Waals surface area contributed by atoms with Crippen molar-refractivity contribution in [3.8, 4) is 0 Å². The topological polar surface area (TPSA) is 461 Å². The number of carboxylic acids is 1. The van der Waals surface area contributed by atoms with Crippen molar-refractivity contribution in [2.24, 2.45) is 0 Å². The van der Waals surface area contributed by atoms with E-state index in [1.165, 1.54) is 128 Å². The van der Waals surface area contributed by atoms with E-state index in [1.54, 1.807) is 6.08 Å². The van der Waals surface area contributed by atoms with Crippen LogP contribution in [0.3, 0.4) is 0 Å². The van der Waals surface area contributed by atoms with E-state index in [4.69, 9.17) is 37.9 Å². The van der Waals surface area contributed by atoms with Crippen LogP contribution in [0.5, 0.6) is 0 Å². The number of carbonyl (C=O) groups excluding carboxylic acids is 3.